The normalized spacial score (nSPS) is 10.4. The van der Waals surface area contributed by atoms with E-state index in [0.29, 0.717) is 12.2 Å². The van der Waals surface area contributed by atoms with Crippen LogP contribution in [0.5, 0.6) is 0 Å². The second kappa shape index (κ2) is 7.23. The van der Waals surface area contributed by atoms with Crippen molar-refractivity contribution in [2.45, 2.75) is 6.54 Å². The molecule has 0 aliphatic rings. The van der Waals surface area contributed by atoms with E-state index in [1.165, 1.54) is 11.3 Å². The van der Waals surface area contributed by atoms with Crippen LogP contribution in [0.2, 0.25) is 0 Å². The summed E-state index contributed by atoms with van der Waals surface area (Å²) in [6.45, 7) is 0.475. The third-order valence-electron chi connectivity index (χ3n) is 3.53. The zero-order valence-corrected chi connectivity index (χ0v) is 14.4. The summed E-state index contributed by atoms with van der Waals surface area (Å²) >= 11 is 1.42. The molecular weight excluding hydrogens is 320 g/mol. The van der Waals surface area contributed by atoms with Crippen LogP contribution in [0.15, 0.2) is 54.0 Å². The first-order valence-electron chi connectivity index (χ1n) is 7.55. The van der Waals surface area contributed by atoms with Gasteiger partial charge in [-0.05, 0) is 29.8 Å². The van der Waals surface area contributed by atoms with Gasteiger partial charge in [0.25, 0.3) is 5.91 Å². The van der Waals surface area contributed by atoms with E-state index in [2.05, 4.69) is 15.3 Å². The Bertz CT molecular complexity index is 813. The van der Waals surface area contributed by atoms with E-state index in [9.17, 15) is 4.79 Å². The summed E-state index contributed by atoms with van der Waals surface area (Å²) in [6, 6.07) is 13.7. The van der Waals surface area contributed by atoms with Gasteiger partial charge in [0.1, 0.15) is 10.7 Å². The minimum atomic E-state index is -0.176. The molecule has 0 aliphatic carbocycles. The van der Waals surface area contributed by atoms with Gasteiger partial charge >= 0.3 is 0 Å². The smallest absolute Gasteiger partial charge is 0.271 e. The van der Waals surface area contributed by atoms with Gasteiger partial charge in [-0.15, -0.1) is 11.3 Å². The number of amides is 1. The van der Waals surface area contributed by atoms with Crippen LogP contribution in [0.25, 0.3) is 10.7 Å². The second-order valence-corrected chi connectivity index (χ2v) is 6.35. The fraction of sp³-hybridized carbons (Fsp3) is 0.167. The summed E-state index contributed by atoms with van der Waals surface area (Å²) < 4.78 is 0. The van der Waals surface area contributed by atoms with Crippen LogP contribution >= 0.6 is 11.3 Å². The van der Waals surface area contributed by atoms with Crippen molar-refractivity contribution in [3.05, 3.63) is 65.3 Å². The Balaban J connectivity index is 1.62. The van der Waals surface area contributed by atoms with Gasteiger partial charge < -0.3 is 10.2 Å². The van der Waals surface area contributed by atoms with Crippen molar-refractivity contribution in [2.24, 2.45) is 0 Å². The number of pyridine rings is 1. The first-order chi connectivity index (χ1) is 11.6. The fourth-order valence-electron chi connectivity index (χ4n) is 2.17. The average molecular weight is 338 g/mol. The maximum absolute atomic E-state index is 12.2. The van der Waals surface area contributed by atoms with Crippen molar-refractivity contribution >= 4 is 22.9 Å². The van der Waals surface area contributed by atoms with Crippen LogP contribution in [0, 0.1) is 0 Å². The molecule has 0 unspecified atom stereocenters. The molecule has 1 N–H and O–H groups in total. The molecule has 0 aliphatic heterocycles. The van der Waals surface area contributed by atoms with Crippen molar-refractivity contribution in [2.75, 3.05) is 19.0 Å². The molecule has 0 atom stereocenters. The first-order valence-corrected chi connectivity index (χ1v) is 8.43. The fourth-order valence-corrected chi connectivity index (χ4v) is 2.95. The van der Waals surface area contributed by atoms with E-state index in [-0.39, 0.29) is 5.91 Å². The van der Waals surface area contributed by atoms with Crippen molar-refractivity contribution in [1.29, 1.82) is 0 Å². The molecule has 0 saturated carbocycles. The minimum absolute atomic E-state index is 0.176. The summed E-state index contributed by atoms with van der Waals surface area (Å²) in [7, 11) is 4.00. The van der Waals surface area contributed by atoms with Crippen LogP contribution in [-0.2, 0) is 6.54 Å². The zero-order valence-electron chi connectivity index (χ0n) is 13.6. The van der Waals surface area contributed by atoms with Gasteiger partial charge in [-0.2, -0.15) is 0 Å². The van der Waals surface area contributed by atoms with Gasteiger partial charge in [0.15, 0.2) is 0 Å². The van der Waals surface area contributed by atoms with E-state index in [1.807, 2.05) is 61.5 Å². The molecule has 3 rings (SSSR count). The predicted octanol–water partition coefficient (Wildman–Crippen LogP) is 3.20. The monoisotopic (exact) mass is 338 g/mol. The van der Waals surface area contributed by atoms with E-state index in [0.717, 1.165) is 22.0 Å². The van der Waals surface area contributed by atoms with E-state index < -0.39 is 0 Å². The number of carbonyl (C=O) groups excluding carboxylic acids is 1. The Morgan fingerprint density at radius 1 is 1.17 bits per heavy atom. The molecule has 5 nitrogen and oxygen atoms in total. The molecule has 0 fully saturated rings. The van der Waals surface area contributed by atoms with Gasteiger partial charge in [-0.25, -0.2) is 4.98 Å². The van der Waals surface area contributed by atoms with Crippen molar-refractivity contribution in [3.63, 3.8) is 0 Å². The molecule has 2 aromatic heterocycles. The molecule has 0 spiro atoms. The van der Waals surface area contributed by atoms with Crippen molar-refractivity contribution in [1.82, 2.24) is 15.3 Å². The molecule has 0 bridgehead atoms. The number of anilines is 1. The summed E-state index contributed by atoms with van der Waals surface area (Å²) in [6.07, 6.45) is 1.72. The molecule has 3 aromatic rings. The topological polar surface area (TPSA) is 58.1 Å². The highest BCUT2D eigenvalue weighted by Gasteiger charge is 2.12. The Morgan fingerprint density at radius 3 is 2.62 bits per heavy atom. The van der Waals surface area contributed by atoms with E-state index in [1.54, 1.807) is 11.6 Å². The lowest BCUT2D eigenvalue weighted by Crippen LogP contribution is -2.23. The van der Waals surface area contributed by atoms with Crippen LogP contribution in [-0.4, -0.2) is 30.0 Å². The van der Waals surface area contributed by atoms with Gasteiger partial charge in [-0.1, -0.05) is 18.2 Å². The highest BCUT2D eigenvalue weighted by molar-refractivity contribution is 7.13. The van der Waals surface area contributed by atoms with Gasteiger partial charge in [0, 0.05) is 37.9 Å². The summed E-state index contributed by atoms with van der Waals surface area (Å²) in [4.78, 5) is 22.9. The van der Waals surface area contributed by atoms with Crippen LogP contribution in [0.3, 0.4) is 0 Å². The Labute approximate surface area is 145 Å². The molecule has 24 heavy (non-hydrogen) atoms. The number of thiazole rings is 1. The maximum Gasteiger partial charge on any atom is 0.271 e. The van der Waals surface area contributed by atoms with E-state index in [4.69, 9.17) is 0 Å². The number of nitrogens with one attached hydrogen (secondary N) is 1. The Kier molecular flexibility index (Phi) is 4.86. The molecule has 122 valence electrons. The van der Waals surface area contributed by atoms with Crippen molar-refractivity contribution < 1.29 is 4.79 Å². The quantitative estimate of drug-likeness (QED) is 0.776. The third-order valence-corrected chi connectivity index (χ3v) is 4.39. The first kappa shape index (κ1) is 16.1. The lowest BCUT2D eigenvalue weighted by Gasteiger charge is -2.12. The zero-order chi connectivity index (χ0) is 16.9. The minimum Gasteiger partial charge on any atom is -0.378 e. The molecule has 1 amide bonds. The number of nitrogens with zero attached hydrogens (tertiary/aromatic N) is 3. The highest BCUT2D eigenvalue weighted by atomic mass is 32.1. The lowest BCUT2D eigenvalue weighted by molar-refractivity contribution is 0.0946. The van der Waals surface area contributed by atoms with E-state index >= 15 is 0 Å². The number of hydrogen-bond acceptors (Lipinski definition) is 5. The number of hydrogen-bond donors (Lipinski definition) is 1. The average Bonchev–Trinajstić information content (AvgIpc) is 3.11. The van der Waals surface area contributed by atoms with Crippen LogP contribution < -0.4 is 10.2 Å². The van der Waals surface area contributed by atoms with Crippen molar-refractivity contribution in [3.8, 4) is 10.7 Å². The molecular formula is C18H18N4OS. The van der Waals surface area contributed by atoms with Crippen LogP contribution in [0.1, 0.15) is 16.1 Å². The number of benzene rings is 1. The van der Waals surface area contributed by atoms with Crippen LogP contribution in [0.4, 0.5) is 5.69 Å². The summed E-state index contributed by atoms with van der Waals surface area (Å²) in [5, 5.41) is 5.40. The van der Waals surface area contributed by atoms with Gasteiger partial charge in [0.2, 0.25) is 0 Å². The molecule has 2 heterocycles. The number of carbonyl (C=O) groups is 1. The molecule has 6 heteroatoms. The number of aromatic nitrogens is 2. The Morgan fingerprint density at radius 2 is 1.96 bits per heavy atom. The summed E-state index contributed by atoms with van der Waals surface area (Å²) in [5.74, 6) is -0.176. The standard InChI is InChI=1S/C18H18N4OS/c1-22(2)14-8-6-13(7-9-14)11-20-17(23)16-12-24-18(21-16)15-5-3-4-10-19-15/h3-10,12H,11H2,1-2H3,(H,20,23). The predicted molar refractivity (Wildman–Crippen MR) is 97.3 cm³/mol. The lowest BCUT2D eigenvalue weighted by atomic mass is 10.2. The number of rotatable bonds is 5. The Hall–Kier alpha value is -2.73. The third kappa shape index (κ3) is 3.78. The SMILES string of the molecule is CN(C)c1ccc(CNC(=O)c2csc(-c3ccccn3)n2)cc1. The maximum atomic E-state index is 12.2. The summed E-state index contributed by atoms with van der Waals surface area (Å²) in [5.41, 5.74) is 3.38. The van der Waals surface area contributed by atoms with Gasteiger partial charge in [-0.3, -0.25) is 9.78 Å². The second-order valence-electron chi connectivity index (χ2n) is 5.50. The molecule has 0 radical (unpaired) electrons. The highest BCUT2D eigenvalue weighted by Crippen LogP contribution is 2.21. The van der Waals surface area contributed by atoms with Gasteiger partial charge in [0.05, 0.1) is 5.69 Å². The molecule has 0 saturated heterocycles. The molecule has 1 aromatic carbocycles. The largest absolute Gasteiger partial charge is 0.378 e.